The fourth-order valence-electron chi connectivity index (χ4n) is 3.48. The molecule has 1 aliphatic rings. The molecule has 0 saturated heterocycles. The van der Waals surface area contributed by atoms with Crippen LogP contribution in [0.1, 0.15) is 50.3 Å². The van der Waals surface area contributed by atoms with Crippen LogP contribution in [0.3, 0.4) is 0 Å². The third kappa shape index (κ3) is 4.60. The minimum Gasteiger partial charge on any atom is -0.512 e. The number of ether oxygens (including phenoxy) is 1. The lowest BCUT2D eigenvalue weighted by Crippen LogP contribution is -2.25. The third-order valence-corrected chi connectivity index (χ3v) is 4.87. The second kappa shape index (κ2) is 7.54. The summed E-state index contributed by atoms with van der Waals surface area (Å²) >= 11 is 0. The molecule has 1 aliphatic carbocycles. The highest BCUT2D eigenvalue weighted by Crippen LogP contribution is 2.41. The Morgan fingerprint density at radius 1 is 1.17 bits per heavy atom. The maximum absolute atomic E-state index is 12.7. The number of aryl methyl sites for hydroxylation is 1. The molecule has 1 aromatic carbocycles. The molecular weight excluding hydrogens is 383 g/mol. The van der Waals surface area contributed by atoms with Crippen molar-refractivity contribution in [3.05, 3.63) is 59.0 Å². The number of benzene rings is 1. The lowest BCUT2D eigenvalue weighted by Gasteiger charge is -2.30. The van der Waals surface area contributed by atoms with Gasteiger partial charge in [-0.25, -0.2) is 4.98 Å². The molecule has 0 atom stereocenters. The first-order valence-corrected chi connectivity index (χ1v) is 9.30. The maximum Gasteiger partial charge on any atom is 0.417 e. The Balaban J connectivity index is 1.95. The van der Waals surface area contributed by atoms with E-state index in [0.29, 0.717) is 36.8 Å². The SMILES string of the molecule is CCc1ccc(Oc2ccc(C(F)(F)F)cn2)cc1C1=C(O)CC(C)(C)CC1=O. The number of halogens is 3. The number of aromatic nitrogens is 1. The smallest absolute Gasteiger partial charge is 0.417 e. The number of hydrogen-bond donors (Lipinski definition) is 1. The Morgan fingerprint density at radius 2 is 1.90 bits per heavy atom. The van der Waals surface area contributed by atoms with E-state index in [1.165, 1.54) is 0 Å². The Kier molecular flexibility index (Phi) is 5.43. The lowest BCUT2D eigenvalue weighted by atomic mass is 9.74. The summed E-state index contributed by atoms with van der Waals surface area (Å²) < 4.78 is 43.6. The molecule has 0 bridgehead atoms. The first-order valence-electron chi connectivity index (χ1n) is 9.30. The van der Waals surface area contributed by atoms with E-state index in [1.807, 2.05) is 20.8 Å². The predicted molar refractivity (Wildman–Crippen MR) is 103 cm³/mol. The van der Waals surface area contributed by atoms with Gasteiger partial charge in [0.05, 0.1) is 11.1 Å². The van der Waals surface area contributed by atoms with Crippen LogP contribution in [-0.4, -0.2) is 15.9 Å². The fourth-order valence-corrected chi connectivity index (χ4v) is 3.48. The zero-order valence-electron chi connectivity index (χ0n) is 16.4. The summed E-state index contributed by atoms with van der Waals surface area (Å²) in [6.45, 7) is 5.79. The average molecular weight is 405 g/mol. The molecule has 0 saturated carbocycles. The molecule has 0 unspecified atom stereocenters. The number of allylic oxidation sites excluding steroid dienone is 2. The normalized spacial score (nSPS) is 16.8. The van der Waals surface area contributed by atoms with E-state index in [4.69, 9.17) is 4.74 Å². The highest BCUT2D eigenvalue weighted by molar-refractivity contribution is 6.22. The quantitative estimate of drug-likeness (QED) is 0.666. The summed E-state index contributed by atoms with van der Waals surface area (Å²) in [6, 6.07) is 7.10. The molecule has 2 aromatic rings. The van der Waals surface area contributed by atoms with Crippen molar-refractivity contribution in [3.63, 3.8) is 0 Å². The zero-order valence-corrected chi connectivity index (χ0v) is 16.4. The van der Waals surface area contributed by atoms with Crippen molar-refractivity contribution in [2.45, 2.75) is 46.2 Å². The molecular formula is C22H22F3NO3. The van der Waals surface area contributed by atoms with E-state index in [9.17, 15) is 23.1 Å². The van der Waals surface area contributed by atoms with E-state index in [0.717, 1.165) is 17.7 Å². The van der Waals surface area contributed by atoms with E-state index < -0.39 is 11.7 Å². The first-order chi connectivity index (χ1) is 13.5. The first kappa shape index (κ1) is 20.9. The summed E-state index contributed by atoms with van der Waals surface area (Å²) in [5.41, 5.74) is 0.557. The fraction of sp³-hybridized carbons (Fsp3) is 0.364. The number of alkyl halides is 3. The number of aliphatic hydroxyl groups is 1. The number of rotatable bonds is 4. The van der Waals surface area contributed by atoms with Crippen LogP contribution in [0.15, 0.2) is 42.3 Å². The van der Waals surface area contributed by atoms with Crippen molar-refractivity contribution in [1.29, 1.82) is 0 Å². The van der Waals surface area contributed by atoms with Crippen molar-refractivity contribution in [1.82, 2.24) is 4.98 Å². The van der Waals surface area contributed by atoms with Crippen LogP contribution in [0.5, 0.6) is 11.6 Å². The maximum atomic E-state index is 12.7. The van der Waals surface area contributed by atoms with Gasteiger partial charge in [0.25, 0.3) is 0 Å². The van der Waals surface area contributed by atoms with Gasteiger partial charge in [0.2, 0.25) is 5.88 Å². The summed E-state index contributed by atoms with van der Waals surface area (Å²) in [7, 11) is 0. The molecule has 3 rings (SSSR count). The van der Waals surface area contributed by atoms with Crippen LogP contribution in [0, 0.1) is 5.41 Å². The van der Waals surface area contributed by atoms with Gasteiger partial charge < -0.3 is 9.84 Å². The van der Waals surface area contributed by atoms with Crippen molar-refractivity contribution < 1.29 is 27.8 Å². The second-order valence-corrected chi connectivity index (χ2v) is 7.92. The summed E-state index contributed by atoms with van der Waals surface area (Å²) in [5, 5.41) is 10.5. The lowest BCUT2D eigenvalue weighted by molar-refractivity contribution is -0.137. The van der Waals surface area contributed by atoms with Crippen molar-refractivity contribution >= 4 is 11.4 Å². The predicted octanol–water partition coefficient (Wildman–Crippen LogP) is 6.11. The molecule has 0 aliphatic heterocycles. The number of aliphatic hydroxyl groups excluding tert-OH is 1. The van der Waals surface area contributed by atoms with Crippen LogP contribution in [0.2, 0.25) is 0 Å². The average Bonchev–Trinajstić information content (AvgIpc) is 2.60. The van der Waals surface area contributed by atoms with Gasteiger partial charge in [-0.15, -0.1) is 0 Å². The van der Waals surface area contributed by atoms with Crippen LogP contribution >= 0.6 is 0 Å². The van der Waals surface area contributed by atoms with E-state index >= 15 is 0 Å². The molecule has 1 heterocycles. The van der Waals surface area contributed by atoms with Gasteiger partial charge in [-0.05, 0) is 41.2 Å². The Bertz CT molecular complexity index is 960. The number of carbonyl (C=O) groups is 1. The van der Waals surface area contributed by atoms with E-state index in [-0.39, 0.29) is 28.4 Å². The van der Waals surface area contributed by atoms with Gasteiger partial charge >= 0.3 is 6.18 Å². The molecule has 1 aromatic heterocycles. The monoisotopic (exact) mass is 405 g/mol. The molecule has 0 amide bonds. The number of nitrogens with zero attached hydrogens (tertiary/aromatic N) is 1. The minimum absolute atomic E-state index is 0.00232. The van der Waals surface area contributed by atoms with Crippen LogP contribution < -0.4 is 4.74 Å². The number of ketones is 1. The minimum atomic E-state index is -4.47. The molecule has 0 fully saturated rings. The molecule has 0 radical (unpaired) electrons. The van der Waals surface area contributed by atoms with Gasteiger partial charge in [0.1, 0.15) is 11.5 Å². The third-order valence-electron chi connectivity index (χ3n) is 4.87. The molecule has 0 spiro atoms. The van der Waals surface area contributed by atoms with E-state index in [2.05, 4.69) is 4.98 Å². The zero-order chi connectivity index (χ0) is 21.4. The standard InChI is InChI=1S/C22H22F3NO3/c1-4-13-5-7-15(29-19-8-6-14(12-26-19)22(23,24)25)9-16(13)20-17(27)10-21(2,3)11-18(20)28/h5-9,12,27H,4,10-11H2,1-3H3. The number of pyridine rings is 1. The summed E-state index contributed by atoms with van der Waals surface area (Å²) in [6.07, 6.45) is -2.41. The van der Waals surface area contributed by atoms with Crippen molar-refractivity contribution in [3.8, 4) is 11.6 Å². The molecule has 1 N–H and O–H groups in total. The highest BCUT2D eigenvalue weighted by Gasteiger charge is 2.34. The van der Waals surface area contributed by atoms with Crippen LogP contribution in [0.4, 0.5) is 13.2 Å². The molecule has 154 valence electrons. The number of carbonyl (C=O) groups excluding carboxylic acids is 1. The molecule has 7 heteroatoms. The number of Topliss-reactive ketones (excluding diaryl/α,β-unsaturated/α-hetero) is 1. The van der Waals surface area contributed by atoms with Crippen molar-refractivity contribution in [2.24, 2.45) is 5.41 Å². The highest BCUT2D eigenvalue weighted by atomic mass is 19.4. The molecule has 4 nitrogen and oxygen atoms in total. The Hall–Kier alpha value is -2.83. The largest absolute Gasteiger partial charge is 0.512 e. The van der Waals surface area contributed by atoms with Gasteiger partial charge in [-0.2, -0.15) is 13.2 Å². The topological polar surface area (TPSA) is 59.4 Å². The summed E-state index contributed by atoms with van der Waals surface area (Å²) in [5.74, 6) is 0.230. The van der Waals surface area contributed by atoms with E-state index in [1.54, 1.807) is 18.2 Å². The van der Waals surface area contributed by atoms with Crippen molar-refractivity contribution in [2.75, 3.05) is 0 Å². The Morgan fingerprint density at radius 3 is 2.45 bits per heavy atom. The van der Waals surface area contributed by atoms with Gasteiger partial charge in [0, 0.05) is 25.1 Å². The summed E-state index contributed by atoms with van der Waals surface area (Å²) in [4.78, 5) is 16.4. The number of hydrogen-bond acceptors (Lipinski definition) is 4. The Labute approximate surface area is 167 Å². The van der Waals surface area contributed by atoms with Gasteiger partial charge in [-0.1, -0.05) is 26.8 Å². The van der Waals surface area contributed by atoms with Gasteiger partial charge in [0.15, 0.2) is 5.78 Å². The van der Waals surface area contributed by atoms with Crippen LogP contribution in [-0.2, 0) is 17.4 Å². The van der Waals surface area contributed by atoms with Gasteiger partial charge in [-0.3, -0.25) is 4.79 Å². The van der Waals surface area contributed by atoms with Crippen LogP contribution in [0.25, 0.3) is 5.57 Å². The second-order valence-electron chi connectivity index (χ2n) is 7.92. The molecule has 29 heavy (non-hydrogen) atoms.